The van der Waals surface area contributed by atoms with E-state index in [1.807, 2.05) is 0 Å². The number of methoxy groups -OCH3 is 1. The van der Waals surface area contributed by atoms with Crippen molar-refractivity contribution >= 4 is 29.0 Å². The van der Waals surface area contributed by atoms with Gasteiger partial charge in [-0.05, 0) is 62.9 Å². The van der Waals surface area contributed by atoms with Crippen molar-refractivity contribution in [1.82, 2.24) is 15.5 Å². The fourth-order valence-corrected chi connectivity index (χ4v) is 5.07. The molecule has 178 valence electrons. The molecule has 1 atom stereocenters. The lowest BCUT2D eigenvalue weighted by Crippen LogP contribution is -2.54. The highest BCUT2D eigenvalue weighted by atomic mass is 35.5. The Labute approximate surface area is 198 Å². The van der Waals surface area contributed by atoms with Gasteiger partial charge in [0.2, 0.25) is 5.78 Å². The zero-order valence-corrected chi connectivity index (χ0v) is 19.6. The standard InChI is InChI=1S/C24H31ClN4O4/c1-32-21-14-19(26)18(25)13-17(21)24(31)28-16-6-10-29(11-7-16)22(15-4-8-27-9-5-15)23(30)20-3-2-12-33-20/h2-3,12-16,22,27H,4-11,26H2,1H3,(H,28,31). The maximum Gasteiger partial charge on any atom is 0.255 e. The van der Waals surface area contributed by atoms with Crippen LogP contribution in [0.1, 0.15) is 46.6 Å². The van der Waals surface area contributed by atoms with Gasteiger partial charge in [-0.25, -0.2) is 0 Å². The van der Waals surface area contributed by atoms with Crippen LogP contribution in [-0.2, 0) is 0 Å². The van der Waals surface area contributed by atoms with Crippen LogP contribution in [0.5, 0.6) is 5.75 Å². The molecule has 2 aromatic rings. The van der Waals surface area contributed by atoms with Crippen LogP contribution in [0.2, 0.25) is 5.02 Å². The molecule has 2 aliphatic heterocycles. The summed E-state index contributed by atoms with van der Waals surface area (Å²) < 4.78 is 10.7. The predicted molar refractivity (Wildman–Crippen MR) is 127 cm³/mol. The van der Waals surface area contributed by atoms with Crippen molar-refractivity contribution in [3.05, 3.63) is 46.9 Å². The van der Waals surface area contributed by atoms with Crippen molar-refractivity contribution in [3.8, 4) is 5.75 Å². The van der Waals surface area contributed by atoms with E-state index >= 15 is 0 Å². The molecule has 2 aliphatic rings. The molecular weight excluding hydrogens is 444 g/mol. The Morgan fingerprint density at radius 3 is 2.61 bits per heavy atom. The largest absolute Gasteiger partial charge is 0.496 e. The normalized spacial score (nSPS) is 19.2. The molecule has 8 nitrogen and oxygen atoms in total. The number of ether oxygens (including phenoxy) is 1. The smallest absolute Gasteiger partial charge is 0.255 e. The number of Topliss-reactive ketones (excluding diaryl/α,β-unsaturated/α-hetero) is 1. The SMILES string of the molecule is COc1cc(N)c(Cl)cc1C(=O)NC1CCN(C(C(=O)c2ccco2)C2CCNCC2)CC1. The summed E-state index contributed by atoms with van der Waals surface area (Å²) in [6.07, 6.45) is 4.98. The molecule has 1 unspecified atom stereocenters. The fourth-order valence-electron chi connectivity index (χ4n) is 4.90. The van der Waals surface area contributed by atoms with E-state index in [9.17, 15) is 9.59 Å². The monoisotopic (exact) mass is 474 g/mol. The van der Waals surface area contributed by atoms with Gasteiger partial charge in [0, 0.05) is 25.2 Å². The van der Waals surface area contributed by atoms with Crippen LogP contribution in [-0.4, -0.2) is 62.0 Å². The predicted octanol–water partition coefficient (Wildman–Crippen LogP) is 2.97. The minimum atomic E-state index is -0.242. The van der Waals surface area contributed by atoms with Gasteiger partial charge >= 0.3 is 0 Å². The Morgan fingerprint density at radius 1 is 1.24 bits per heavy atom. The third-order valence-electron chi connectivity index (χ3n) is 6.68. The van der Waals surface area contributed by atoms with Gasteiger partial charge in [-0.15, -0.1) is 0 Å². The van der Waals surface area contributed by atoms with Crippen molar-refractivity contribution in [3.63, 3.8) is 0 Å². The summed E-state index contributed by atoms with van der Waals surface area (Å²) in [5.41, 5.74) is 6.55. The van der Waals surface area contributed by atoms with Gasteiger partial charge in [-0.2, -0.15) is 0 Å². The molecule has 9 heteroatoms. The number of anilines is 1. The van der Waals surface area contributed by atoms with Gasteiger partial charge in [0.05, 0.1) is 35.7 Å². The molecule has 2 saturated heterocycles. The maximum atomic E-state index is 13.3. The third kappa shape index (κ3) is 5.34. The summed E-state index contributed by atoms with van der Waals surface area (Å²) in [6.45, 7) is 3.30. The van der Waals surface area contributed by atoms with Crippen LogP contribution in [0.25, 0.3) is 0 Å². The fraction of sp³-hybridized carbons (Fsp3) is 0.500. The number of amides is 1. The third-order valence-corrected chi connectivity index (χ3v) is 7.01. The first-order valence-corrected chi connectivity index (χ1v) is 11.8. The Bertz CT molecular complexity index is 967. The summed E-state index contributed by atoms with van der Waals surface area (Å²) in [4.78, 5) is 28.5. The first-order valence-electron chi connectivity index (χ1n) is 11.4. The number of nitrogens with one attached hydrogen (secondary N) is 2. The minimum Gasteiger partial charge on any atom is -0.496 e. The van der Waals surface area contributed by atoms with E-state index in [0.717, 1.165) is 51.9 Å². The maximum absolute atomic E-state index is 13.3. The number of benzene rings is 1. The number of nitrogens with two attached hydrogens (primary N) is 1. The number of carbonyl (C=O) groups is 2. The van der Waals surface area contributed by atoms with Gasteiger partial charge in [0.25, 0.3) is 5.91 Å². The Kier molecular flexibility index (Phi) is 7.57. The second kappa shape index (κ2) is 10.6. The molecule has 0 aliphatic carbocycles. The van der Waals surface area contributed by atoms with Crippen LogP contribution in [0.15, 0.2) is 34.9 Å². The van der Waals surface area contributed by atoms with E-state index < -0.39 is 0 Å². The van der Waals surface area contributed by atoms with E-state index in [4.69, 9.17) is 26.5 Å². The highest BCUT2D eigenvalue weighted by Gasteiger charge is 2.38. The van der Waals surface area contributed by atoms with Crippen molar-refractivity contribution in [2.75, 3.05) is 39.0 Å². The Hall–Kier alpha value is -2.55. The van der Waals surface area contributed by atoms with E-state index in [2.05, 4.69) is 15.5 Å². The molecule has 4 N–H and O–H groups in total. The first kappa shape index (κ1) is 23.6. The second-order valence-corrected chi connectivity index (χ2v) is 9.14. The average molecular weight is 475 g/mol. The van der Waals surface area contributed by atoms with Gasteiger partial charge in [-0.3, -0.25) is 14.5 Å². The molecule has 0 radical (unpaired) electrons. The zero-order chi connectivity index (χ0) is 23.4. The van der Waals surface area contributed by atoms with E-state index in [-0.39, 0.29) is 29.7 Å². The highest BCUT2D eigenvalue weighted by molar-refractivity contribution is 6.33. The Morgan fingerprint density at radius 2 is 1.97 bits per heavy atom. The lowest BCUT2D eigenvalue weighted by atomic mass is 9.84. The number of nitrogen functional groups attached to an aromatic ring is 1. The molecule has 33 heavy (non-hydrogen) atoms. The number of rotatable bonds is 7. The summed E-state index contributed by atoms with van der Waals surface area (Å²) in [6, 6.07) is 6.40. The summed E-state index contributed by atoms with van der Waals surface area (Å²) in [5.74, 6) is 0.906. The minimum absolute atomic E-state index is 0.00201. The summed E-state index contributed by atoms with van der Waals surface area (Å²) in [7, 11) is 1.49. The van der Waals surface area contributed by atoms with Crippen LogP contribution >= 0.6 is 11.6 Å². The number of nitrogens with zero attached hydrogens (tertiary/aromatic N) is 1. The van der Waals surface area contributed by atoms with Crippen LogP contribution in [0, 0.1) is 5.92 Å². The number of halogens is 1. The quantitative estimate of drug-likeness (QED) is 0.418. The number of likely N-dealkylation sites (tertiary alicyclic amines) is 1. The molecule has 0 spiro atoms. The molecule has 0 saturated carbocycles. The van der Waals surface area contributed by atoms with Crippen LogP contribution in [0.3, 0.4) is 0 Å². The first-order chi connectivity index (χ1) is 16.0. The average Bonchev–Trinajstić information content (AvgIpc) is 3.37. The van der Waals surface area contributed by atoms with E-state index in [0.29, 0.717) is 27.8 Å². The number of piperidine rings is 2. The topological polar surface area (TPSA) is 110 Å². The number of hydrogen-bond donors (Lipinski definition) is 3. The molecule has 1 aromatic carbocycles. The molecule has 3 heterocycles. The van der Waals surface area contributed by atoms with Gasteiger partial charge in [0.15, 0.2) is 5.76 Å². The molecule has 2 fully saturated rings. The van der Waals surface area contributed by atoms with Crippen molar-refractivity contribution < 1.29 is 18.7 Å². The number of ketones is 1. The van der Waals surface area contributed by atoms with Gasteiger partial charge < -0.3 is 25.5 Å². The number of carbonyl (C=O) groups excluding carboxylic acids is 2. The molecular formula is C24H31ClN4O4. The molecule has 1 aromatic heterocycles. The van der Waals surface area contributed by atoms with E-state index in [1.54, 1.807) is 24.5 Å². The van der Waals surface area contributed by atoms with Gasteiger partial charge in [0.1, 0.15) is 5.75 Å². The van der Waals surface area contributed by atoms with E-state index in [1.165, 1.54) is 13.2 Å². The van der Waals surface area contributed by atoms with Crippen LogP contribution < -0.4 is 21.1 Å². The molecule has 1 amide bonds. The Balaban J connectivity index is 1.42. The lowest BCUT2D eigenvalue weighted by Gasteiger charge is -2.41. The van der Waals surface area contributed by atoms with Crippen molar-refractivity contribution in [2.45, 2.75) is 37.8 Å². The van der Waals surface area contributed by atoms with Crippen molar-refractivity contribution in [1.29, 1.82) is 0 Å². The van der Waals surface area contributed by atoms with Crippen LogP contribution in [0.4, 0.5) is 5.69 Å². The summed E-state index contributed by atoms with van der Waals surface area (Å²) in [5, 5.41) is 6.79. The number of furan rings is 1. The van der Waals surface area contributed by atoms with Crippen molar-refractivity contribution in [2.24, 2.45) is 5.92 Å². The zero-order valence-electron chi connectivity index (χ0n) is 18.8. The molecule has 0 bridgehead atoms. The summed E-state index contributed by atoms with van der Waals surface area (Å²) >= 11 is 6.12. The number of hydrogen-bond acceptors (Lipinski definition) is 7. The highest BCUT2D eigenvalue weighted by Crippen LogP contribution is 2.30. The lowest BCUT2D eigenvalue weighted by molar-refractivity contribution is 0.0551. The molecule has 4 rings (SSSR count). The van der Waals surface area contributed by atoms with Gasteiger partial charge in [-0.1, -0.05) is 11.6 Å². The second-order valence-electron chi connectivity index (χ2n) is 8.73.